The van der Waals surface area contributed by atoms with Gasteiger partial charge in [0.05, 0.1) is 25.4 Å². The molecular formula is C25H23FN6O4. The van der Waals surface area contributed by atoms with Crippen molar-refractivity contribution in [2.24, 2.45) is 0 Å². The average Bonchev–Trinajstić information content (AvgIpc) is 3.75. The first-order chi connectivity index (χ1) is 17.5. The van der Waals surface area contributed by atoms with Gasteiger partial charge in [0, 0.05) is 38.3 Å². The van der Waals surface area contributed by atoms with E-state index in [4.69, 9.17) is 16.0 Å². The Labute approximate surface area is 206 Å². The third kappa shape index (κ3) is 4.75. The van der Waals surface area contributed by atoms with Crippen molar-refractivity contribution >= 4 is 17.6 Å². The SMILES string of the molecule is [C-]#[N+]c1ccc(-n2nc(C(=O)OC)c(OC3CCN(c4ncc(C5CC5)cn4)CC3)cc2=O)cc1F. The van der Waals surface area contributed by atoms with Gasteiger partial charge in [0.1, 0.15) is 11.9 Å². The molecule has 0 unspecified atom stereocenters. The molecule has 0 N–H and O–H groups in total. The van der Waals surface area contributed by atoms with Crippen LogP contribution < -0.4 is 15.2 Å². The van der Waals surface area contributed by atoms with Crippen LogP contribution in [0.1, 0.15) is 47.7 Å². The second-order valence-corrected chi connectivity index (χ2v) is 8.74. The average molecular weight is 490 g/mol. The minimum Gasteiger partial charge on any atom is -0.487 e. The molecule has 3 aromatic rings. The monoisotopic (exact) mass is 490 g/mol. The molecule has 5 rings (SSSR count). The van der Waals surface area contributed by atoms with E-state index in [1.807, 2.05) is 12.4 Å². The molecule has 3 heterocycles. The molecule has 2 aliphatic rings. The van der Waals surface area contributed by atoms with E-state index in [2.05, 4.69) is 24.8 Å². The molecule has 10 nitrogen and oxygen atoms in total. The summed E-state index contributed by atoms with van der Waals surface area (Å²) in [5, 5.41) is 4.10. The first-order valence-corrected chi connectivity index (χ1v) is 11.6. The van der Waals surface area contributed by atoms with Crippen molar-refractivity contribution < 1.29 is 18.7 Å². The van der Waals surface area contributed by atoms with Crippen molar-refractivity contribution in [3.05, 3.63) is 75.5 Å². The van der Waals surface area contributed by atoms with Crippen molar-refractivity contribution in [3.8, 4) is 11.4 Å². The number of ether oxygens (including phenoxy) is 2. The number of aromatic nitrogens is 4. The van der Waals surface area contributed by atoms with Crippen molar-refractivity contribution in [2.75, 3.05) is 25.1 Å². The third-order valence-corrected chi connectivity index (χ3v) is 6.30. The summed E-state index contributed by atoms with van der Waals surface area (Å²) in [6.07, 6.45) is 7.18. The van der Waals surface area contributed by atoms with Crippen LogP contribution in [0.3, 0.4) is 0 Å². The van der Waals surface area contributed by atoms with Crippen LogP contribution in [0.2, 0.25) is 0 Å². The maximum atomic E-state index is 14.1. The maximum absolute atomic E-state index is 14.1. The molecule has 0 atom stereocenters. The fraction of sp³-hybridized carbons (Fsp3) is 0.360. The lowest BCUT2D eigenvalue weighted by Crippen LogP contribution is -2.39. The summed E-state index contributed by atoms with van der Waals surface area (Å²) >= 11 is 0. The Morgan fingerprint density at radius 2 is 1.86 bits per heavy atom. The third-order valence-electron chi connectivity index (χ3n) is 6.30. The second kappa shape index (κ2) is 9.73. The topological polar surface area (TPSA) is 104 Å². The van der Waals surface area contributed by atoms with Gasteiger partial charge < -0.3 is 14.4 Å². The molecule has 0 bridgehead atoms. The van der Waals surface area contributed by atoms with Crippen molar-refractivity contribution in [3.63, 3.8) is 0 Å². The summed E-state index contributed by atoms with van der Waals surface area (Å²) < 4.78 is 25.8. The highest BCUT2D eigenvalue weighted by atomic mass is 19.1. The Morgan fingerprint density at radius 3 is 2.47 bits per heavy atom. The van der Waals surface area contributed by atoms with Crippen LogP contribution in [-0.2, 0) is 4.74 Å². The van der Waals surface area contributed by atoms with Crippen molar-refractivity contribution in [1.82, 2.24) is 19.7 Å². The number of halogens is 1. The molecule has 1 aromatic carbocycles. The molecule has 0 radical (unpaired) electrons. The maximum Gasteiger partial charge on any atom is 0.362 e. The number of carbonyl (C=O) groups is 1. The van der Waals surface area contributed by atoms with E-state index in [9.17, 15) is 14.0 Å². The summed E-state index contributed by atoms with van der Waals surface area (Å²) in [4.78, 5) is 39.4. The van der Waals surface area contributed by atoms with E-state index in [1.165, 1.54) is 37.6 Å². The van der Waals surface area contributed by atoms with Gasteiger partial charge in [-0.25, -0.2) is 24.0 Å². The largest absolute Gasteiger partial charge is 0.487 e. The first-order valence-electron chi connectivity index (χ1n) is 11.6. The molecule has 1 saturated carbocycles. The van der Waals surface area contributed by atoms with Gasteiger partial charge in [-0.15, -0.1) is 0 Å². The minimum atomic E-state index is -0.797. The summed E-state index contributed by atoms with van der Waals surface area (Å²) in [6, 6.07) is 4.77. The van der Waals surface area contributed by atoms with Crippen LogP contribution in [-0.4, -0.2) is 52.0 Å². The number of benzene rings is 1. The van der Waals surface area contributed by atoms with Crippen molar-refractivity contribution in [2.45, 2.75) is 37.7 Å². The second-order valence-electron chi connectivity index (χ2n) is 8.74. The summed E-state index contributed by atoms with van der Waals surface area (Å²) in [6.45, 7) is 8.27. The lowest BCUT2D eigenvalue weighted by Gasteiger charge is -2.32. The van der Waals surface area contributed by atoms with Gasteiger partial charge in [0.2, 0.25) is 17.3 Å². The lowest BCUT2D eigenvalue weighted by molar-refractivity contribution is 0.0581. The predicted octanol–water partition coefficient (Wildman–Crippen LogP) is 3.42. The smallest absolute Gasteiger partial charge is 0.362 e. The normalized spacial score (nSPS) is 15.9. The number of hydrogen-bond donors (Lipinski definition) is 0. The molecule has 1 aliphatic heterocycles. The van der Waals surface area contributed by atoms with Gasteiger partial charge in [-0.3, -0.25) is 4.79 Å². The molecule has 11 heteroatoms. The van der Waals surface area contributed by atoms with Gasteiger partial charge >= 0.3 is 5.97 Å². The Balaban J connectivity index is 1.32. The number of esters is 1. The number of nitrogens with zero attached hydrogens (tertiary/aromatic N) is 6. The first kappa shape index (κ1) is 23.4. The molecule has 2 fully saturated rings. The van der Waals surface area contributed by atoms with Crippen LogP contribution in [0.5, 0.6) is 5.75 Å². The van der Waals surface area contributed by atoms with Crippen LogP contribution in [0, 0.1) is 12.4 Å². The number of carbonyl (C=O) groups excluding carboxylic acids is 1. The molecule has 36 heavy (non-hydrogen) atoms. The number of piperidine rings is 1. The lowest BCUT2D eigenvalue weighted by atomic mass is 10.1. The zero-order valence-corrected chi connectivity index (χ0v) is 19.6. The van der Waals surface area contributed by atoms with E-state index in [-0.39, 0.29) is 28.9 Å². The van der Waals surface area contributed by atoms with Crippen LogP contribution >= 0.6 is 0 Å². The quantitative estimate of drug-likeness (QED) is 0.383. The number of anilines is 1. The van der Waals surface area contributed by atoms with E-state index < -0.39 is 17.3 Å². The van der Waals surface area contributed by atoms with Crippen LogP contribution in [0.4, 0.5) is 16.0 Å². The standard InChI is InChI=1S/C25H23FN6O4/c1-27-20-6-5-17(11-19(20)26)32-22(33)12-21(23(30-32)24(34)35-2)36-18-7-9-31(10-8-18)25-28-13-16(14-29-25)15-3-4-15/h5-6,11-15,18H,3-4,7-10H2,2H3. The molecule has 0 amide bonds. The van der Waals surface area contributed by atoms with Gasteiger partial charge in [-0.05, 0) is 36.5 Å². The number of hydrogen-bond acceptors (Lipinski definition) is 8. The molecule has 2 aromatic heterocycles. The Kier molecular flexibility index (Phi) is 6.33. The van der Waals surface area contributed by atoms with Gasteiger partial charge in [-0.2, -0.15) is 9.78 Å². The number of methoxy groups -OCH3 is 1. The van der Waals surface area contributed by atoms with Crippen LogP contribution in [0.25, 0.3) is 10.5 Å². The Bertz CT molecular complexity index is 1390. The van der Waals surface area contributed by atoms with E-state index in [1.54, 1.807) is 0 Å². The van der Waals surface area contributed by atoms with E-state index in [0.29, 0.717) is 37.8 Å². The highest BCUT2D eigenvalue weighted by molar-refractivity contribution is 5.90. The van der Waals surface area contributed by atoms with Crippen molar-refractivity contribution in [1.29, 1.82) is 0 Å². The Morgan fingerprint density at radius 1 is 1.14 bits per heavy atom. The molecule has 184 valence electrons. The predicted molar refractivity (Wildman–Crippen MR) is 127 cm³/mol. The molecule has 0 spiro atoms. The minimum absolute atomic E-state index is 0.00448. The zero-order chi connectivity index (χ0) is 25.2. The summed E-state index contributed by atoms with van der Waals surface area (Å²) in [5.74, 6) is -0.310. The number of rotatable bonds is 6. The van der Waals surface area contributed by atoms with Gasteiger partial charge in [-0.1, -0.05) is 6.07 Å². The summed E-state index contributed by atoms with van der Waals surface area (Å²) in [7, 11) is 1.19. The molecule has 1 aliphatic carbocycles. The van der Waals surface area contributed by atoms with E-state index >= 15 is 0 Å². The fourth-order valence-electron chi connectivity index (χ4n) is 4.15. The van der Waals surface area contributed by atoms with E-state index in [0.717, 1.165) is 16.8 Å². The highest BCUT2D eigenvalue weighted by Gasteiger charge is 2.27. The molecule has 1 saturated heterocycles. The summed E-state index contributed by atoms with van der Waals surface area (Å²) in [5.41, 5.74) is 0.250. The van der Waals surface area contributed by atoms with Gasteiger partial charge in [0.15, 0.2) is 5.75 Å². The van der Waals surface area contributed by atoms with Crippen LogP contribution in [0.15, 0.2) is 41.5 Å². The highest BCUT2D eigenvalue weighted by Crippen LogP contribution is 2.39. The Hall–Kier alpha value is -4.33. The fourth-order valence-corrected chi connectivity index (χ4v) is 4.15. The van der Waals surface area contributed by atoms with Gasteiger partial charge in [0.25, 0.3) is 5.56 Å². The molecular weight excluding hydrogens is 467 g/mol. The zero-order valence-electron chi connectivity index (χ0n) is 19.6.